The number of hydrogen-bond donors (Lipinski definition) is 4. The van der Waals surface area contributed by atoms with Gasteiger partial charge in [-0.3, -0.25) is 24.0 Å². The van der Waals surface area contributed by atoms with Crippen LogP contribution in [-0.2, 0) is 24.0 Å². The zero-order valence-electron chi connectivity index (χ0n) is 27.9. The van der Waals surface area contributed by atoms with E-state index in [4.69, 9.17) is 0 Å². The van der Waals surface area contributed by atoms with Crippen molar-refractivity contribution in [1.29, 1.82) is 0 Å². The first-order valence-electron chi connectivity index (χ1n) is 15.9. The van der Waals surface area contributed by atoms with Crippen LogP contribution in [-0.4, -0.2) is 83.7 Å². The minimum atomic E-state index is -4.65. The quantitative estimate of drug-likeness (QED) is 0.157. The number of alkyl halides is 3. The van der Waals surface area contributed by atoms with Crippen molar-refractivity contribution in [2.75, 3.05) is 13.1 Å². The van der Waals surface area contributed by atoms with Crippen LogP contribution < -0.4 is 21.3 Å². The fourth-order valence-corrected chi connectivity index (χ4v) is 5.42. The zero-order chi connectivity index (χ0) is 35.1. The second-order valence-electron chi connectivity index (χ2n) is 14.1. The minimum absolute atomic E-state index is 0.0185. The van der Waals surface area contributed by atoms with E-state index < -0.39 is 78.1 Å². The Kier molecular flexibility index (Phi) is 13.4. The van der Waals surface area contributed by atoms with Crippen LogP contribution >= 0.6 is 0 Å². The summed E-state index contributed by atoms with van der Waals surface area (Å²) in [5.74, 6) is -4.38. The fourth-order valence-electron chi connectivity index (χ4n) is 5.42. The summed E-state index contributed by atoms with van der Waals surface area (Å²) in [5.41, 5.74) is -0.854. The normalized spacial score (nSPS) is 20.5. The van der Waals surface area contributed by atoms with Gasteiger partial charge in [-0.05, 0) is 48.9 Å². The third kappa shape index (κ3) is 11.1. The van der Waals surface area contributed by atoms with E-state index in [2.05, 4.69) is 27.8 Å². The predicted molar refractivity (Wildman–Crippen MR) is 165 cm³/mol. The van der Waals surface area contributed by atoms with E-state index in [-0.39, 0.29) is 49.0 Å². The summed E-state index contributed by atoms with van der Waals surface area (Å²) in [5, 5.41) is 9.95. The Balaban J connectivity index is 2.33. The molecule has 1 unspecified atom stereocenters. The first kappa shape index (κ1) is 38.7. The fraction of sp³-hybridized carbons (Fsp3) is 0.750. The van der Waals surface area contributed by atoms with E-state index in [9.17, 15) is 41.9 Å². The standard InChI is InChI=1S/C32H50F3N5O6/c1-9-14-36-28(44)25(42)21(12-13-32(33,34)35)37-27(43)22-15-20(17(2)3)16-40(22)29(45)26(31(6,7)8)39-30(46)38-23(18(4)5)24(41)19-10-11-19/h9,17-23,26H,1,10-16H2,2-8H3,(H,36,44)(H,37,43)(H2,38,39,46)/t20-,21?,22+,23+,26-/m1/s1. The van der Waals surface area contributed by atoms with Gasteiger partial charge in [-0.2, -0.15) is 13.2 Å². The highest BCUT2D eigenvalue weighted by molar-refractivity contribution is 6.38. The number of carbonyl (C=O) groups excluding carboxylic acids is 6. The molecule has 0 aromatic rings. The molecule has 260 valence electrons. The molecule has 4 N–H and O–H groups in total. The van der Waals surface area contributed by atoms with Crippen molar-refractivity contribution in [2.24, 2.45) is 29.1 Å². The molecule has 2 fully saturated rings. The minimum Gasteiger partial charge on any atom is -0.346 e. The largest absolute Gasteiger partial charge is 0.389 e. The third-order valence-electron chi connectivity index (χ3n) is 8.47. The maximum atomic E-state index is 14.1. The SMILES string of the molecule is C=CCNC(=O)C(=O)C(CCC(F)(F)F)NC(=O)[C@@H]1C[C@@H](C(C)C)CN1C(=O)[C@@H](NC(=O)N[C@H](C(=O)C1CC1)C(C)C)C(C)(C)C. The second-order valence-corrected chi connectivity index (χ2v) is 14.1. The maximum Gasteiger partial charge on any atom is 0.389 e. The number of nitrogens with zero attached hydrogens (tertiary/aromatic N) is 1. The molecule has 46 heavy (non-hydrogen) atoms. The van der Waals surface area contributed by atoms with Gasteiger partial charge >= 0.3 is 12.2 Å². The van der Waals surface area contributed by atoms with Crippen molar-refractivity contribution in [3.05, 3.63) is 12.7 Å². The van der Waals surface area contributed by atoms with Crippen molar-refractivity contribution in [2.45, 2.75) is 111 Å². The molecule has 0 bridgehead atoms. The molecule has 0 radical (unpaired) electrons. The Morgan fingerprint density at radius 2 is 1.57 bits per heavy atom. The van der Waals surface area contributed by atoms with Gasteiger partial charge in [0.1, 0.15) is 12.1 Å². The summed E-state index contributed by atoms with van der Waals surface area (Å²) in [7, 11) is 0. The van der Waals surface area contributed by atoms with Crippen molar-refractivity contribution < 1.29 is 41.9 Å². The molecular weight excluding hydrogens is 607 g/mol. The van der Waals surface area contributed by atoms with Crippen molar-refractivity contribution >= 4 is 35.3 Å². The Labute approximate surface area is 269 Å². The zero-order valence-corrected chi connectivity index (χ0v) is 27.9. The van der Waals surface area contributed by atoms with Crippen LogP contribution in [0.25, 0.3) is 0 Å². The number of Topliss-reactive ketones (excluding diaryl/α,β-unsaturated/α-hetero) is 2. The highest BCUT2D eigenvalue weighted by Gasteiger charge is 2.47. The number of hydrogen-bond acceptors (Lipinski definition) is 6. The van der Waals surface area contributed by atoms with Crippen LogP contribution in [0.2, 0.25) is 0 Å². The lowest BCUT2D eigenvalue weighted by atomic mass is 9.85. The summed E-state index contributed by atoms with van der Waals surface area (Å²) in [6, 6.07) is -5.57. The van der Waals surface area contributed by atoms with Crippen LogP contribution in [0.1, 0.15) is 80.6 Å². The molecule has 1 heterocycles. The van der Waals surface area contributed by atoms with Gasteiger partial charge in [0, 0.05) is 25.4 Å². The van der Waals surface area contributed by atoms with Crippen LogP contribution in [0.4, 0.5) is 18.0 Å². The molecule has 0 spiro atoms. The van der Waals surface area contributed by atoms with E-state index in [0.29, 0.717) is 0 Å². The third-order valence-corrected chi connectivity index (χ3v) is 8.47. The molecule has 1 aliphatic carbocycles. The molecule has 1 aliphatic heterocycles. The molecule has 14 heteroatoms. The second kappa shape index (κ2) is 15.9. The molecule has 5 amide bonds. The molecule has 0 aromatic heterocycles. The summed E-state index contributed by atoms with van der Waals surface area (Å²) in [4.78, 5) is 80.1. The van der Waals surface area contributed by atoms with Crippen LogP contribution in [0, 0.1) is 29.1 Å². The number of rotatable bonds is 15. The number of carbonyl (C=O) groups is 6. The van der Waals surface area contributed by atoms with E-state index >= 15 is 0 Å². The predicted octanol–water partition coefficient (Wildman–Crippen LogP) is 3.28. The molecule has 11 nitrogen and oxygen atoms in total. The van der Waals surface area contributed by atoms with Gasteiger partial charge in [-0.25, -0.2) is 4.79 Å². The highest BCUT2D eigenvalue weighted by atomic mass is 19.4. The van der Waals surface area contributed by atoms with Gasteiger partial charge in [0.05, 0.1) is 12.1 Å². The highest BCUT2D eigenvalue weighted by Crippen LogP contribution is 2.34. The summed E-state index contributed by atoms with van der Waals surface area (Å²) in [6.07, 6.45) is -3.96. The van der Waals surface area contributed by atoms with E-state index in [1.54, 1.807) is 20.8 Å². The molecule has 0 aromatic carbocycles. The first-order valence-corrected chi connectivity index (χ1v) is 15.9. The topological polar surface area (TPSA) is 154 Å². The summed E-state index contributed by atoms with van der Waals surface area (Å²) in [6.45, 7) is 16.0. The molecule has 2 aliphatic rings. The first-order chi connectivity index (χ1) is 21.2. The number of halogens is 3. The number of urea groups is 1. The van der Waals surface area contributed by atoms with Crippen molar-refractivity contribution in [3.63, 3.8) is 0 Å². The number of likely N-dealkylation sites (tertiary alicyclic amines) is 1. The van der Waals surface area contributed by atoms with Gasteiger partial charge in [0.2, 0.25) is 17.6 Å². The Bertz CT molecular complexity index is 1160. The van der Waals surface area contributed by atoms with Gasteiger partial charge in [0.25, 0.3) is 5.91 Å². The van der Waals surface area contributed by atoms with Crippen LogP contribution in [0.3, 0.4) is 0 Å². The summed E-state index contributed by atoms with van der Waals surface area (Å²) >= 11 is 0. The molecule has 1 saturated carbocycles. The van der Waals surface area contributed by atoms with Crippen molar-refractivity contribution in [1.82, 2.24) is 26.2 Å². The Morgan fingerprint density at radius 3 is 2.04 bits per heavy atom. The van der Waals surface area contributed by atoms with Gasteiger partial charge in [-0.1, -0.05) is 54.5 Å². The number of ketones is 2. The molecule has 5 atom stereocenters. The Morgan fingerprint density at radius 1 is 0.957 bits per heavy atom. The maximum absolute atomic E-state index is 14.1. The van der Waals surface area contributed by atoms with E-state index in [0.717, 1.165) is 12.8 Å². The smallest absolute Gasteiger partial charge is 0.346 e. The van der Waals surface area contributed by atoms with E-state index in [1.807, 2.05) is 27.7 Å². The lowest BCUT2D eigenvalue weighted by molar-refractivity contribution is -0.147. The lowest BCUT2D eigenvalue weighted by Gasteiger charge is -2.36. The average molecular weight is 658 g/mol. The Hall–Kier alpha value is -3.45. The summed E-state index contributed by atoms with van der Waals surface area (Å²) < 4.78 is 39.3. The van der Waals surface area contributed by atoms with Crippen molar-refractivity contribution in [3.8, 4) is 0 Å². The average Bonchev–Trinajstić information content (AvgIpc) is 3.70. The molecule has 1 saturated heterocycles. The molecule has 2 rings (SSSR count). The van der Waals surface area contributed by atoms with Crippen LogP contribution in [0.5, 0.6) is 0 Å². The lowest BCUT2D eigenvalue weighted by Crippen LogP contribution is -2.61. The van der Waals surface area contributed by atoms with Gasteiger partial charge in [-0.15, -0.1) is 6.58 Å². The van der Waals surface area contributed by atoms with E-state index in [1.165, 1.54) is 11.0 Å². The van der Waals surface area contributed by atoms with Gasteiger partial charge < -0.3 is 26.2 Å². The monoisotopic (exact) mass is 657 g/mol. The number of nitrogens with one attached hydrogen (secondary N) is 4. The van der Waals surface area contributed by atoms with Gasteiger partial charge in [0.15, 0.2) is 5.78 Å². The molecular formula is C32H50F3N5O6. The van der Waals surface area contributed by atoms with Crippen LogP contribution in [0.15, 0.2) is 12.7 Å². The number of amides is 5.